The van der Waals surface area contributed by atoms with E-state index in [1.54, 1.807) is 11.8 Å². The molecule has 0 spiro atoms. The van der Waals surface area contributed by atoms with E-state index < -0.39 is 0 Å². The first kappa shape index (κ1) is 13.1. The molecular weight excluding hydrogens is 206 g/mol. The number of nitrogens with two attached hydrogens (primary N) is 1. The van der Waals surface area contributed by atoms with Gasteiger partial charge in [-0.05, 0) is 19.5 Å². The van der Waals surface area contributed by atoms with Crippen molar-refractivity contribution in [1.29, 1.82) is 0 Å². The van der Waals surface area contributed by atoms with Crippen molar-refractivity contribution < 1.29 is 4.74 Å². The van der Waals surface area contributed by atoms with Crippen LogP contribution >= 0.6 is 0 Å². The van der Waals surface area contributed by atoms with E-state index in [-0.39, 0.29) is 0 Å². The van der Waals surface area contributed by atoms with Gasteiger partial charge >= 0.3 is 0 Å². The Balaban J connectivity index is 2.41. The number of ether oxygens (including phenoxy) is 1. The maximum atomic E-state index is 5.51. The zero-order valence-electron chi connectivity index (χ0n) is 10.1. The highest BCUT2D eigenvalue weighted by atomic mass is 16.5. The van der Waals surface area contributed by atoms with Crippen molar-refractivity contribution in [2.45, 2.75) is 13.0 Å². The number of methoxy groups -OCH3 is 1. The summed E-state index contributed by atoms with van der Waals surface area (Å²) in [6.45, 7) is 4.11. The van der Waals surface area contributed by atoms with Crippen LogP contribution in [0.4, 0.5) is 0 Å². The fourth-order valence-corrected chi connectivity index (χ4v) is 1.50. The number of aryl methyl sites for hydroxylation is 1. The molecule has 92 valence electrons. The lowest BCUT2D eigenvalue weighted by atomic mass is 10.3. The lowest BCUT2D eigenvalue weighted by Gasteiger charge is -2.20. The molecule has 0 aliphatic heterocycles. The second kappa shape index (κ2) is 7.32. The summed E-state index contributed by atoms with van der Waals surface area (Å²) in [6, 6.07) is 0. The Morgan fingerprint density at radius 3 is 2.88 bits per heavy atom. The molecule has 0 radical (unpaired) electrons. The van der Waals surface area contributed by atoms with Crippen molar-refractivity contribution in [3.05, 3.63) is 11.9 Å². The topological polar surface area (TPSA) is 69.2 Å². The van der Waals surface area contributed by atoms with Gasteiger partial charge in [0.05, 0.1) is 12.3 Å². The van der Waals surface area contributed by atoms with Gasteiger partial charge in [0.15, 0.2) is 0 Å². The molecule has 1 heterocycles. The van der Waals surface area contributed by atoms with E-state index in [0.29, 0.717) is 6.54 Å². The summed E-state index contributed by atoms with van der Waals surface area (Å²) in [5, 5.41) is 7.99. The van der Waals surface area contributed by atoms with Gasteiger partial charge in [0.1, 0.15) is 0 Å². The number of aromatic nitrogens is 3. The maximum absolute atomic E-state index is 5.51. The van der Waals surface area contributed by atoms with Crippen LogP contribution in [0.15, 0.2) is 6.20 Å². The summed E-state index contributed by atoms with van der Waals surface area (Å²) in [4.78, 5) is 2.28. The van der Waals surface area contributed by atoms with E-state index in [1.807, 2.05) is 13.2 Å². The molecular formula is C10H21N5O. The lowest BCUT2D eigenvalue weighted by molar-refractivity contribution is 0.143. The Hall–Kier alpha value is -0.980. The third kappa shape index (κ3) is 4.69. The summed E-state index contributed by atoms with van der Waals surface area (Å²) in [6.07, 6.45) is 2.92. The molecule has 0 aliphatic carbocycles. The van der Waals surface area contributed by atoms with Crippen molar-refractivity contribution in [2.24, 2.45) is 12.8 Å². The minimum Gasteiger partial charge on any atom is -0.383 e. The second-order valence-electron chi connectivity index (χ2n) is 3.79. The van der Waals surface area contributed by atoms with E-state index in [2.05, 4.69) is 15.2 Å². The summed E-state index contributed by atoms with van der Waals surface area (Å²) in [5.41, 5.74) is 6.50. The van der Waals surface area contributed by atoms with Crippen LogP contribution in [0.3, 0.4) is 0 Å². The average molecular weight is 227 g/mol. The number of hydrogen-bond donors (Lipinski definition) is 1. The number of hydrogen-bond acceptors (Lipinski definition) is 5. The van der Waals surface area contributed by atoms with Crippen LogP contribution in [0.25, 0.3) is 0 Å². The molecule has 6 heteroatoms. The summed E-state index contributed by atoms with van der Waals surface area (Å²) in [7, 11) is 3.58. The highest BCUT2D eigenvalue weighted by Crippen LogP contribution is 2.00. The largest absolute Gasteiger partial charge is 0.383 e. The highest BCUT2D eigenvalue weighted by Gasteiger charge is 2.07. The van der Waals surface area contributed by atoms with Crippen molar-refractivity contribution in [3.8, 4) is 0 Å². The molecule has 0 atom stereocenters. The van der Waals surface area contributed by atoms with E-state index in [1.165, 1.54) is 0 Å². The average Bonchev–Trinajstić information content (AvgIpc) is 2.68. The molecule has 2 N–H and O–H groups in total. The van der Waals surface area contributed by atoms with Crippen molar-refractivity contribution in [3.63, 3.8) is 0 Å². The zero-order chi connectivity index (χ0) is 11.8. The summed E-state index contributed by atoms with van der Waals surface area (Å²) in [5.74, 6) is 0. The molecule has 1 rings (SSSR count). The van der Waals surface area contributed by atoms with Gasteiger partial charge in [-0.1, -0.05) is 5.21 Å². The minimum absolute atomic E-state index is 0.712. The van der Waals surface area contributed by atoms with Crippen LogP contribution in [0, 0.1) is 0 Å². The van der Waals surface area contributed by atoms with Gasteiger partial charge in [-0.3, -0.25) is 9.58 Å². The first-order chi connectivity index (χ1) is 7.76. The quantitative estimate of drug-likeness (QED) is 0.655. The number of rotatable bonds is 8. The van der Waals surface area contributed by atoms with Gasteiger partial charge < -0.3 is 10.5 Å². The third-order valence-corrected chi connectivity index (χ3v) is 2.33. The van der Waals surface area contributed by atoms with Crippen LogP contribution in [0.1, 0.15) is 12.1 Å². The molecule has 0 aliphatic rings. The molecule has 0 amide bonds. The molecule has 6 nitrogen and oxygen atoms in total. The molecule has 0 fully saturated rings. The maximum Gasteiger partial charge on any atom is 0.0967 e. The molecule has 0 unspecified atom stereocenters. The summed E-state index contributed by atoms with van der Waals surface area (Å²) >= 11 is 0. The minimum atomic E-state index is 0.712. The van der Waals surface area contributed by atoms with Crippen LogP contribution in [-0.4, -0.2) is 53.2 Å². The van der Waals surface area contributed by atoms with E-state index in [4.69, 9.17) is 10.5 Å². The predicted octanol–water partition coefficient (Wildman–Crippen LogP) is -0.388. The molecule has 0 aromatic carbocycles. The fraction of sp³-hybridized carbons (Fsp3) is 0.800. The van der Waals surface area contributed by atoms with E-state index in [0.717, 1.165) is 38.4 Å². The molecule has 0 saturated heterocycles. The van der Waals surface area contributed by atoms with Crippen LogP contribution in [0.5, 0.6) is 0 Å². The fourth-order valence-electron chi connectivity index (χ4n) is 1.50. The van der Waals surface area contributed by atoms with Gasteiger partial charge in [-0.25, -0.2) is 0 Å². The van der Waals surface area contributed by atoms with Crippen molar-refractivity contribution in [2.75, 3.05) is 33.4 Å². The predicted molar refractivity (Wildman–Crippen MR) is 61.8 cm³/mol. The monoisotopic (exact) mass is 227 g/mol. The van der Waals surface area contributed by atoms with Gasteiger partial charge in [-0.15, -0.1) is 5.10 Å². The number of nitrogens with zero attached hydrogens (tertiary/aromatic N) is 4. The van der Waals surface area contributed by atoms with Gasteiger partial charge in [0.25, 0.3) is 0 Å². The SMILES string of the molecule is COCCN(CCCN)Cc1cn(C)nn1. The smallest absolute Gasteiger partial charge is 0.0967 e. The van der Waals surface area contributed by atoms with Gasteiger partial charge in [0.2, 0.25) is 0 Å². The van der Waals surface area contributed by atoms with Crippen molar-refractivity contribution >= 4 is 0 Å². The second-order valence-corrected chi connectivity index (χ2v) is 3.79. The Morgan fingerprint density at radius 2 is 2.31 bits per heavy atom. The van der Waals surface area contributed by atoms with E-state index >= 15 is 0 Å². The molecule has 1 aromatic rings. The van der Waals surface area contributed by atoms with Crippen LogP contribution in [-0.2, 0) is 18.3 Å². The normalized spacial score (nSPS) is 11.2. The standard InChI is InChI=1S/C10H21N5O/c1-14-8-10(12-13-14)9-15(5-3-4-11)6-7-16-2/h8H,3-7,9,11H2,1-2H3. The van der Waals surface area contributed by atoms with Crippen molar-refractivity contribution in [1.82, 2.24) is 19.9 Å². The first-order valence-corrected chi connectivity index (χ1v) is 5.53. The molecule has 0 bridgehead atoms. The lowest BCUT2D eigenvalue weighted by Crippen LogP contribution is -2.29. The molecule has 0 saturated carbocycles. The Morgan fingerprint density at radius 1 is 1.50 bits per heavy atom. The molecule has 1 aromatic heterocycles. The Labute approximate surface area is 96.4 Å². The van der Waals surface area contributed by atoms with Crippen LogP contribution < -0.4 is 5.73 Å². The van der Waals surface area contributed by atoms with Crippen LogP contribution in [0.2, 0.25) is 0 Å². The highest BCUT2D eigenvalue weighted by molar-refractivity contribution is 4.91. The Kier molecular flexibility index (Phi) is 5.99. The summed E-state index contributed by atoms with van der Waals surface area (Å²) < 4.78 is 6.80. The van der Waals surface area contributed by atoms with Gasteiger partial charge in [-0.2, -0.15) is 0 Å². The van der Waals surface area contributed by atoms with E-state index in [9.17, 15) is 0 Å². The molecule has 16 heavy (non-hydrogen) atoms. The Bertz CT molecular complexity index is 280. The third-order valence-electron chi connectivity index (χ3n) is 2.33. The van der Waals surface area contributed by atoms with Gasteiger partial charge in [0, 0.05) is 33.4 Å². The first-order valence-electron chi connectivity index (χ1n) is 5.53. The zero-order valence-corrected chi connectivity index (χ0v) is 10.1.